The lowest BCUT2D eigenvalue weighted by Gasteiger charge is -2.12. The smallest absolute Gasteiger partial charge is 0.166 e. The van der Waals surface area contributed by atoms with Crippen molar-refractivity contribution in [1.82, 2.24) is 10.6 Å². The first kappa shape index (κ1) is 12.5. The predicted octanol–water partition coefficient (Wildman–Crippen LogP) is 1.60. The molecule has 0 spiro atoms. The van der Waals surface area contributed by atoms with E-state index in [1.165, 1.54) is 12.8 Å². The van der Waals surface area contributed by atoms with Crippen LogP contribution in [0.1, 0.15) is 26.2 Å². The number of nitrogens with one attached hydrogen (secondary N) is 2. The Morgan fingerprint density at radius 2 is 2.33 bits per heavy atom. The van der Waals surface area contributed by atoms with Crippen molar-refractivity contribution in [2.24, 2.45) is 0 Å². The third-order valence-corrected chi connectivity index (χ3v) is 2.62. The van der Waals surface area contributed by atoms with Crippen LogP contribution in [0.15, 0.2) is 12.2 Å². The molecule has 2 N–H and O–H groups in total. The molecule has 1 rings (SSSR count). The van der Waals surface area contributed by atoms with Crippen LogP contribution in [-0.4, -0.2) is 30.9 Å². The van der Waals surface area contributed by atoms with Gasteiger partial charge < -0.3 is 15.4 Å². The van der Waals surface area contributed by atoms with Gasteiger partial charge in [0.15, 0.2) is 5.11 Å². The number of rotatable bonds is 5. The summed E-state index contributed by atoms with van der Waals surface area (Å²) < 4.78 is 5.52. The number of hydrogen-bond acceptors (Lipinski definition) is 2. The van der Waals surface area contributed by atoms with Crippen molar-refractivity contribution < 1.29 is 4.74 Å². The van der Waals surface area contributed by atoms with Gasteiger partial charge in [-0.25, -0.2) is 0 Å². The fraction of sp³-hybridized carbons (Fsp3) is 0.727. The lowest BCUT2D eigenvalue weighted by atomic mass is 10.2. The zero-order valence-corrected chi connectivity index (χ0v) is 10.2. The SMILES string of the molecule is C=C(C)CNC(=S)NCCC1CCCO1. The summed E-state index contributed by atoms with van der Waals surface area (Å²) in [6.07, 6.45) is 3.85. The highest BCUT2D eigenvalue weighted by Crippen LogP contribution is 2.14. The van der Waals surface area contributed by atoms with E-state index >= 15 is 0 Å². The average Bonchev–Trinajstić information content (AvgIpc) is 2.67. The Bertz CT molecular complexity index is 225. The Hall–Kier alpha value is -0.610. The molecule has 1 saturated heterocycles. The molecule has 0 bridgehead atoms. The van der Waals surface area contributed by atoms with E-state index in [2.05, 4.69) is 17.2 Å². The van der Waals surface area contributed by atoms with E-state index in [0.29, 0.717) is 11.2 Å². The van der Waals surface area contributed by atoms with E-state index in [1.54, 1.807) is 0 Å². The van der Waals surface area contributed by atoms with Gasteiger partial charge in [-0.3, -0.25) is 0 Å². The summed E-state index contributed by atoms with van der Waals surface area (Å²) in [5, 5.41) is 6.96. The average molecular weight is 228 g/mol. The maximum absolute atomic E-state index is 5.52. The number of ether oxygens (including phenoxy) is 1. The largest absolute Gasteiger partial charge is 0.378 e. The Morgan fingerprint density at radius 1 is 1.53 bits per heavy atom. The summed E-state index contributed by atoms with van der Waals surface area (Å²) in [4.78, 5) is 0. The fourth-order valence-electron chi connectivity index (χ4n) is 1.51. The molecule has 0 amide bonds. The molecule has 0 saturated carbocycles. The first-order valence-corrected chi connectivity index (χ1v) is 5.87. The molecule has 0 aromatic rings. The van der Waals surface area contributed by atoms with Crippen molar-refractivity contribution in [3.05, 3.63) is 12.2 Å². The maximum atomic E-state index is 5.52. The van der Waals surface area contributed by atoms with Gasteiger partial charge in [0.1, 0.15) is 0 Å². The van der Waals surface area contributed by atoms with E-state index in [4.69, 9.17) is 17.0 Å². The van der Waals surface area contributed by atoms with E-state index in [1.807, 2.05) is 6.92 Å². The Labute approximate surface area is 97.3 Å². The summed E-state index contributed by atoms with van der Waals surface area (Å²) in [7, 11) is 0. The van der Waals surface area contributed by atoms with Crippen LogP contribution in [0.3, 0.4) is 0 Å². The van der Waals surface area contributed by atoms with Crippen LogP contribution in [0.25, 0.3) is 0 Å². The molecule has 1 heterocycles. The molecule has 1 aliphatic rings. The van der Waals surface area contributed by atoms with Crippen molar-refractivity contribution in [1.29, 1.82) is 0 Å². The van der Waals surface area contributed by atoms with Crippen molar-refractivity contribution in [2.75, 3.05) is 19.7 Å². The normalized spacial score (nSPS) is 19.9. The molecule has 1 aliphatic heterocycles. The van der Waals surface area contributed by atoms with Gasteiger partial charge in [0.2, 0.25) is 0 Å². The standard InChI is InChI=1S/C11H20N2OS/c1-9(2)8-13-11(15)12-6-5-10-4-3-7-14-10/h10H,1,3-8H2,2H3,(H2,12,13,15). The monoisotopic (exact) mass is 228 g/mol. The summed E-state index contributed by atoms with van der Waals surface area (Å²) in [5.74, 6) is 0. The van der Waals surface area contributed by atoms with Gasteiger partial charge in [-0.15, -0.1) is 0 Å². The molecule has 0 aromatic heterocycles. The van der Waals surface area contributed by atoms with Crippen LogP contribution < -0.4 is 10.6 Å². The third-order valence-electron chi connectivity index (χ3n) is 2.33. The van der Waals surface area contributed by atoms with Crippen molar-refractivity contribution in [2.45, 2.75) is 32.3 Å². The Morgan fingerprint density at radius 3 is 2.93 bits per heavy atom. The highest BCUT2D eigenvalue weighted by atomic mass is 32.1. The van der Waals surface area contributed by atoms with Gasteiger partial charge in [-0.1, -0.05) is 12.2 Å². The van der Waals surface area contributed by atoms with E-state index in [-0.39, 0.29) is 0 Å². The van der Waals surface area contributed by atoms with E-state index in [0.717, 1.165) is 31.7 Å². The second-order valence-corrected chi connectivity index (χ2v) is 4.40. The highest BCUT2D eigenvalue weighted by Gasteiger charge is 2.14. The lowest BCUT2D eigenvalue weighted by Crippen LogP contribution is -2.37. The number of thiocarbonyl (C=S) groups is 1. The first-order valence-electron chi connectivity index (χ1n) is 5.46. The van der Waals surface area contributed by atoms with Gasteiger partial charge in [-0.05, 0) is 38.4 Å². The minimum Gasteiger partial charge on any atom is -0.378 e. The van der Waals surface area contributed by atoms with Crippen LogP contribution in [0.5, 0.6) is 0 Å². The summed E-state index contributed by atoms with van der Waals surface area (Å²) >= 11 is 5.11. The molecule has 4 heteroatoms. The first-order chi connectivity index (χ1) is 7.18. The summed E-state index contributed by atoms with van der Waals surface area (Å²) in [5.41, 5.74) is 1.08. The highest BCUT2D eigenvalue weighted by molar-refractivity contribution is 7.80. The molecule has 1 atom stereocenters. The molecule has 86 valence electrons. The molecule has 3 nitrogen and oxygen atoms in total. The minimum atomic E-state index is 0.432. The second kappa shape index (κ2) is 6.80. The van der Waals surface area contributed by atoms with Crippen LogP contribution in [0, 0.1) is 0 Å². The van der Waals surface area contributed by atoms with Crippen molar-refractivity contribution in [3.8, 4) is 0 Å². The van der Waals surface area contributed by atoms with Gasteiger partial charge in [0, 0.05) is 19.7 Å². The topological polar surface area (TPSA) is 33.3 Å². The lowest BCUT2D eigenvalue weighted by molar-refractivity contribution is 0.105. The Balaban J connectivity index is 1.98. The van der Waals surface area contributed by atoms with Crippen LogP contribution in [0.4, 0.5) is 0 Å². The quantitative estimate of drug-likeness (QED) is 0.553. The van der Waals surface area contributed by atoms with Gasteiger partial charge >= 0.3 is 0 Å². The minimum absolute atomic E-state index is 0.432. The molecule has 15 heavy (non-hydrogen) atoms. The molecule has 0 aliphatic carbocycles. The molecule has 0 aromatic carbocycles. The van der Waals surface area contributed by atoms with Crippen LogP contribution in [0.2, 0.25) is 0 Å². The van der Waals surface area contributed by atoms with Crippen molar-refractivity contribution in [3.63, 3.8) is 0 Å². The fourth-order valence-corrected chi connectivity index (χ4v) is 1.69. The van der Waals surface area contributed by atoms with E-state index < -0.39 is 0 Å². The summed E-state index contributed by atoms with van der Waals surface area (Å²) in [6, 6.07) is 0. The van der Waals surface area contributed by atoms with Gasteiger partial charge in [0.25, 0.3) is 0 Å². The van der Waals surface area contributed by atoms with Gasteiger partial charge in [0.05, 0.1) is 6.10 Å². The molecule has 1 unspecified atom stereocenters. The second-order valence-electron chi connectivity index (χ2n) is 3.99. The molecular weight excluding hydrogens is 208 g/mol. The number of hydrogen-bond donors (Lipinski definition) is 2. The molecule has 1 fully saturated rings. The van der Waals surface area contributed by atoms with Crippen molar-refractivity contribution >= 4 is 17.3 Å². The molecular formula is C11H20N2OS. The van der Waals surface area contributed by atoms with Crippen LogP contribution in [-0.2, 0) is 4.74 Å². The predicted molar refractivity (Wildman–Crippen MR) is 67.0 cm³/mol. The maximum Gasteiger partial charge on any atom is 0.166 e. The Kier molecular flexibility index (Phi) is 5.65. The third kappa shape index (κ3) is 5.74. The zero-order chi connectivity index (χ0) is 11.1. The van der Waals surface area contributed by atoms with Gasteiger partial charge in [-0.2, -0.15) is 0 Å². The summed E-state index contributed by atoms with van der Waals surface area (Å²) in [6.45, 7) is 8.32. The zero-order valence-electron chi connectivity index (χ0n) is 9.34. The van der Waals surface area contributed by atoms with E-state index in [9.17, 15) is 0 Å². The molecule has 0 radical (unpaired) electrons. The van der Waals surface area contributed by atoms with Crippen LogP contribution >= 0.6 is 12.2 Å².